The van der Waals surface area contributed by atoms with Crippen molar-refractivity contribution in [3.63, 3.8) is 0 Å². The molecule has 0 fully saturated rings. The molecule has 4 heteroatoms. The van der Waals surface area contributed by atoms with Gasteiger partial charge in [-0.3, -0.25) is 4.79 Å². The van der Waals surface area contributed by atoms with Crippen molar-refractivity contribution < 1.29 is 19.7 Å². The number of aliphatic hydroxyl groups excluding tert-OH is 1. The molecule has 0 aliphatic heterocycles. The van der Waals surface area contributed by atoms with Gasteiger partial charge in [-0.15, -0.1) is 0 Å². The fraction of sp³-hybridized carbons (Fsp3) is 0.562. The van der Waals surface area contributed by atoms with Crippen LogP contribution in [0.1, 0.15) is 56.1 Å². The van der Waals surface area contributed by atoms with Crippen LogP contribution in [0.3, 0.4) is 0 Å². The summed E-state index contributed by atoms with van der Waals surface area (Å²) in [6, 6.07) is 5.49. The summed E-state index contributed by atoms with van der Waals surface area (Å²) >= 11 is 0. The maximum absolute atomic E-state index is 11.1. The highest BCUT2D eigenvalue weighted by molar-refractivity contribution is 5.68. The zero-order valence-electron chi connectivity index (χ0n) is 12.3. The highest BCUT2D eigenvalue weighted by Gasteiger charge is 2.19. The summed E-state index contributed by atoms with van der Waals surface area (Å²) in [6.45, 7) is 2.08. The molecule has 0 spiro atoms. The molecule has 0 aliphatic carbocycles. The normalized spacial score (nSPS) is 12.2. The van der Waals surface area contributed by atoms with E-state index in [9.17, 15) is 4.79 Å². The van der Waals surface area contributed by atoms with Crippen molar-refractivity contribution in [3.8, 4) is 5.75 Å². The summed E-state index contributed by atoms with van der Waals surface area (Å²) < 4.78 is 5.35. The molecule has 0 saturated carbocycles. The maximum atomic E-state index is 11.1. The minimum absolute atomic E-state index is 0.0401. The van der Waals surface area contributed by atoms with Crippen molar-refractivity contribution in [1.82, 2.24) is 0 Å². The third-order valence-electron chi connectivity index (χ3n) is 3.50. The van der Waals surface area contributed by atoms with Gasteiger partial charge in [0.05, 0.1) is 20.1 Å². The first-order chi connectivity index (χ1) is 9.62. The molecule has 0 radical (unpaired) electrons. The van der Waals surface area contributed by atoms with E-state index in [1.165, 1.54) is 0 Å². The van der Waals surface area contributed by atoms with Crippen LogP contribution >= 0.6 is 0 Å². The standard InChI is InChI=1S/C16H24O4/c1-3-4-5-6-13(10-16(18)19)14-8-7-12(11-17)9-15(14)20-2/h7-9,13,17H,3-6,10-11H2,1-2H3,(H,18,19). The maximum Gasteiger partial charge on any atom is 0.303 e. The number of benzene rings is 1. The highest BCUT2D eigenvalue weighted by Crippen LogP contribution is 2.33. The number of ether oxygens (including phenoxy) is 1. The Morgan fingerprint density at radius 1 is 1.35 bits per heavy atom. The Bertz CT molecular complexity index is 428. The molecular weight excluding hydrogens is 256 g/mol. The number of unbranched alkanes of at least 4 members (excludes halogenated alkanes) is 2. The van der Waals surface area contributed by atoms with Crippen LogP contribution in [-0.2, 0) is 11.4 Å². The summed E-state index contributed by atoms with van der Waals surface area (Å²) in [6.07, 6.45) is 4.18. The van der Waals surface area contributed by atoms with Gasteiger partial charge in [0.15, 0.2) is 0 Å². The van der Waals surface area contributed by atoms with Crippen molar-refractivity contribution >= 4 is 5.97 Å². The first-order valence-corrected chi connectivity index (χ1v) is 7.11. The quantitative estimate of drug-likeness (QED) is 0.681. The van der Waals surface area contributed by atoms with E-state index in [1.807, 2.05) is 12.1 Å². The van der Waals surface area contributed by atoms with E-state index < -0.39 is 5.97 Å². The number of aliphatic hydroxyl groups is 1. The van der Waals surface area contributed by atoms with Gasteiger partial charge in [-0.25, -0.2) is 0 Å². The number of hydrogen-bond acceptors (Lipinski definition) is 3. The molecule has 0 aromatic heterocycles. The monoisotopic (exact) mass is 280 g/mol. The van der Waals surface area contributed by atoms with Gasteiger partial charge in [-0.1, -0.05) is 38.3 Å². The Labute approximate surface area is 120 Å². The van der Waals surface area contributed by atoms with Gasteiger partial charge in [-0.05, 0) is 29.5 Å². The van der Waals surface area contributed by atoms with Gasteiger partial charge >= 0.3 is 5.97 Å². The minimum Gasteiger partial charge on any atom is -0.496 e. The number of carbonyl (C=O) groups is 1. The molecule has 0 saturated heterocycles. The average molecular weight is 280 g/mol. The topological polar surface area (TPSA) is 66.8 Å². The smallest absolute Gasteiger partial charge is 0.303 e. The van der Waals surface area contributed by atoms with Crippen LogP contribution in [-0.4, -0.2) is 23.3 Å². The third-order valence-corrected chi connectivity index (χ3v) is 3.50. The second kappa shape index (κ2) is 8.59. The number of carboxylic acid groups (broad SMARTS) is 1. The number of carboxylic acids is 1. The number of methoxy groups -OCH3 is 1. The summed E-state index contributed by atoms with van der Waals surface area (Å²) in [5, 5.41) is 18.2. The fourth-order valence-electron chi connectivity index (χ4n) is 2.41. The van der Waals surface area contributed by atoms with E-state index in [0.717, 1.165) is 36.8 Å². The van der Waals surface area contributed by atoms with Crippen LogP contribution in [0.25, 0.3) is 0 Å². The largest absolute Gasteiger partial charge is 0.496 e. The summed E-state index contributed by atoms with van der Waals surface area (Å²) in [7, 11) is 1.57. The molecule has 4 nitrogen and oxygen atoms in total. The lowest BCUT2D eigenvalue weighted by atomic mass is 9.89. The summed E-state index contributed by atoms with van der Waals surface area (Å²) in [5.74, 6) is -0.166. The van der Waals surface area contributed by atoms with Crippen molar-refractivity contribution in [1.29, 1.82) is 0 Å². The lowest BCUT2D eigenvalue weighted by Gasteiger charge is -2.19. The number of aliphatic carboxylic acids is 1. The number of hydrogen-bond donors (Lipinski definition) is 2. The molecule has 1 rings (SSSR count). The lowest BCUT2D eigenvalue weighted by molar-refractivity contribution is -0.137. The second-order valence-corrected chi connectivity index (χ2v) is 5.02. The van der Waals surface area contributed by atoms with E-state index in [0.29, 0.717) is 5.75 Å². The van der Waals surface area contributed by atoms with Gasteiger partial charge in [0.2, 0.25) is 0 Å². The molecule has 1 aromatic rings. The Morgan fingerprint density at radius 2 is 2.10 bits per heavy atom. The van der Waals surface area contributed by atoms with Gasteiger partial charge < -0.3 is 14.9 Å². The van der Waals surface area contributed by atoms with E-state index in [-0.39, 0.29) is 18.9 Å². The molecule has 0 heterocycles. The molecular formula is C16H24O4. The van der Waals surface area contributed by atoms with Gasteiger partial charge in [0.25, 0.3) is 0 Å². The molecule has 112 valence electrons. The van der Waals surface area contributed by atoms with Crippen LogP contribution in [0.2, 0.25) is 0 Å². The molecule has 1 atom stereocenters. The molecule has 20 heavy (non-hydrogen) atoms. The molecule has 0 aliphatic rings. The Hall–Kier alpha value is -1.55. The van der Waals surface area contributed by atoms with Crippen LogP contribution in [0.5, 0.6) is 5.75 Å². The van der Waals surface area contributed by atoms with E-state index in [4.69, 9.17) is 14.9 Å². The fourth-order valence-corrected chi connectivity index (χ4v) is 2.41. The lowest BCUT2D eigenvalue weighted by Crippen LogP contribution is -2.08. The zero-order valence-corrected chi connectivity index (χ0v) is 12.3. The minimum atomic E-state index is -0.792. The zero-order chi connectivity index (χ0) is 15.0. The first kappa shape index (κ1) is 16.5. The van der Waals surface area contributed by atoms with Crippen molar-refractivity contribution in [2.24, 2.45) is 0 Å². The Balaban J connectivity index is 2.95. The molecule has 1 aromatic carbocycles. The van der Waals surface area contributed by atoms with Crippen molar-refractivity contribution in [2.75, 3.05) is 7.11 Å². The number of rotatable bonds is 9. The van der Waals surface area contributed by atoms with Crippen LogP contribution < -0.4 is 4.74 Å². The molecule has 2 N–H and O–H groups in total. The van der Waals surface area contributed by atoms with Crippen molar-refractivity contribution in [3.05, 3.63) is 29.3 Å². The second-order valence-electron chi connectivity index (χ2n) is 5.02. The SMILES string of the molecule is CCCCCC(CC(=O)O)c1ccc(CO)cc1OC. The van der Waals surface area contributed by atoms with Gasteiger partial charge in [0, 0.05) is 0 Å². The van der Waals surface area contributed by atoms with Gasteiger partial charge in [0.1, 0.15) is 5.75 Å². The highest BCUT2D eigenvalue weighted by atomic mass is 16.5. The molecule has 1 unspecified atom stereocenters. The predicted octanol–water partition coefficient (Wildman–Crippen LogP) is 3.33. The van der Waals surface area contributed by atoms with E-state index >= 15 is 0 Å². The first-order valence-electron chi connectivity index (χ1n) is 7.11. The van der Waals surface area contributed by atoms with Crippen LogP contribution in [0, 0.1) is 0 Å². The van der Waals surface area contributed by atoms with E-state index in [1.54, 1.807) is 13.2 Å². The summed E-state index contributed by atoms with van der Waals surface area (Å²) in [4.78, 5) is 11.1. The molecule has 0 amide bonds. The Kier molecular flexibility index (Phi) is 7.09. The third kappa shape index (κ3) is 4.85. The molecule has 0 bridgehead atoms. The van der Waals surface area contributed by atoms with Gasteiger partial charge in [-0.2, -0.15) is 0 Å². The Morgan fingerprint density at radius 3 is 2.65 bits per heavy atom. The van der Waals surface area contributed by atoms with Crippen LogP contribution in [0.15, 0.2) is 18.2 Å². The van der Waals surface area contributed by atoms with Crippen molar-refractivity contribution in [2.45, 2.75) is 51.6 Å². The summed E-state index contributed by atoms with van der Waals surface area (Å²) in [5.41, 5.74) is 1.69. The predicted molar refractivity (Wildman–Crippen MR) is 78.1 cm³/mol. The average Bonchev–Trinajstić information content (AvgIpc) is 2.45. The van der Waals surface area contributed by atoms with Crippen LogP contribution in [0.4, 0.5) is 0 Å². The van der Waals surface area contributed by atoms with E-state index in [2.05, 4.69) is 6.92 Å².